The number of hydrogen-bond donors (Lipinski definition) is 0. The summed E-state index contributed by atoms with van der Waals surface area (Å²) in [7, 11) is 3.40. The molecule has 0 spiro atoms. The van der Waals surface area contributed by atoms with Crippen LogP contribution in [0, 0.1) is 0 Å². The van der Waals surface area contributed by atoms with Crippen LogP contribution >= 0.6 is 0 Å². The smallest absolute Gasteiger partial charge is 0.119 e. The molecule has 0 saturated carbocycles. The second-order valence-electron chi connectivity index (χ2n) is 8.55. The molecule has 1 aliphatic rings. The first-order valence-electron chi connectivity index (χ1n) is 11.8. The van der Waals surface area contributed by atoms with Gasteiger partial charge in [-0.05, 0) is 59.2 Å². The number of ether oxygens (including phenoxy) is 3. The van der Waals surface area contributed by atoms with Crippen molar-refractivity contribution in [1.82, 2.24) is 0 Å². The Morgan fingerprint density at radius 1 is 0.686 bits per heavy atom. The van der Waals surface area contributed by atoms with E-state index in [1.54, 1.807) is 14.2 Å². The second-order valence-corrected chi connectivity index (χ2v) is 8.55. The van der Waals surface area contributed by atoms with Crippen LogP contribution in [0.2, 0.25) is 0 Å². The second kappa shape index (κ2) is 10.4. The van der Waals surface area contributed by atoms with Crippen LogP contribution in [0.5, 0.6) is 17.2 Å². The highest BCUT2D eigenvalue weighted by Gasteiger charge is 2.24. The van der Waals surface area contributed by atoms with Crippen molar-refractivity contribution in [2.45, 2.75) is 19.2 Å². The summed E-state index contributed by atoms with van der Waals surface area (Å²) in [5, 5.41) is 0. The van der Waals surface area contributed by atoms with Crippen LogP contribution in [0.1, 0.15) is 28.3 Å². The first kappa shape index (κ1) is 22.6. The molecule has 4 aromatic rings. The number of benzene rings is 4. The van der Waals surface area contributed by atoms with Crippen molar-refractivity contribution >= 4 is 11.8 Å². The molecular formula is C31H29NO3. The fourth-order valence-corrected chi connectivity index (χ4v) is 4.41. The van der Waals surface area contributed by atoms with E-state index in [4.69, 9.17) is 14.2 Å². The van der Waals surface area contributed by atoms with Gasteiger partial charge in [0, 0.05) is 17.8 Å². The number of fused-ring (bicyclic) bond motifs is 1. The van der Waals surface area contributed by atoms with Crippen molar-refractivity contribution in [1.29, 1.82) is 0 Å². The first-order chi connectivity index (χ1) is 17.2. The van der Waals surface area contributed by atoms with Crippen molar-refractivity contribution in [3.63, 3.8) is 0 Å². The van der Waals surface area contributed by atoms with Gasteiger partial charge >= 0.3 is 0 Å². The van der Waals surface area contributed by atoms with Crippen LogP contribution in [0.4, 0.5) is 5.69 Å². The van der Waals surface area contributed by atoms with E-state index >= 15 is 0 Å². The van der Waals surface area contributed by atoms with Gasteiger partial charge in [-0.1, -0.05) is 66.7 Å². The fraction of sp³-hybridized carbons (Fsp3) is 0.161. The molecule has 1 heterocycles. The van der Waals surface area contributed by atoms with E-state index in [9.17, 15) is 0 Å². The van der Waals surface area contributed by atoms with E-state index in [0.29, 0.717) is 6.61 Å². The highest BCUT2D eigenvalue weighted by atomic mass is 16.5. The van der Waals surface area contributed by atoms with Gasteiger partial charge in [-0.15, -0.1) is 0 Å². The molecule has 0 aliphatic carbocycles. The average molecular weight is 464 g/mol. The molecule has 176 valence electrons. The van der Waals surface area contributed by atoms with Gasteiger partial charge in [0.1, 0.15) is 23.9 Å². The molecule has 0 saturated heterocycles. The zero-order valence-corrected chi connectivity index (χ0v) is 20.1. The van der Waals surface area contributed by atoms with Gasteiger partial charge in [0.2, 0.25) is 0 Å². The monoisotopic (exact) mass is 463 g/mol. The molecule has 0 N–H and O–H groups in total. The summed E-state index contributed by atoms with van der Waals surface area (Å²) >= 11 is 0. The molecule has 0 radical (unpaired) electrons. The van der Waals surface area contributed by atoms with Crippen LogP contribution in [0.25, 0.3) is 6.08 Å². The molecule has 5 rings (SSSR count). The van der Waals surface area contributed by atoms with Gasteiger partial charge < -0.3 is 19.1 Å². The van der Waals surface area contributed by atoms with E-state index in [-0.39, 0.29) is 6.04 Å². The van der Waals surface area contributed by atoms with E-state index in [2.05, 4.69) is 77.7 Å². The van der Waals surface area contributed by atoms with Crippen molar-refractivity contribution < 1.29 is 14.2 Å². The Balaban J connectivity index is 1.39. The Bertz CT molecular complexity index is 1280. The molecular weight excluding hydrogens is 434 g/mol. The predicted molar refractivity (Wildman–Crippen MR) is 141 cm³/mol. The van der Waals surface area contributed by atoms with Gasteiger partial charge in [0.25, 0.3) is 0 Å². The number of rotatable bonds is 8. The van der Waals surface area contributed by atoms with Crippen molar-refractivity contribution in [2.24, 2.45) is 0 Å². The van der Waals surface area contributed by atoms with Crippen molar-refractivity contribution in [3.05, 3.63) is 125 Å². The summed E-state index contributed by atoms with van der Waals surface area (Å²) in [5.41, 5.74) is 5.92. The predicted octanol–water partition coefficient (Wildman–Crippen LogP) is 7.06. The molecule has 0 fully saturated rings. The summed E-state index contributed by atoms with van der Waals surface area (Å²) < 4.78 is 16.8. The number of nitrogens with zero attached hydrogens (tertiary/aromatic N) is 1. The Morgan fingerprint density at radius 3 is 2.09 bits per heavy atom. The number of anilines is 1. The van der Waals surface area contributed by atoms with Gasteiger partial charge in [-0.2, -0.15) is 0 Å². The van der Waals surface area contributed by atoms with E-state index in [1.165, 1.54) is 16.8 Å². The standard InChI is InChI=1S/C31H29NO3/c1-33-27-15-10-25(11-16-27)30-18-12-26-20-29(34-2)17-19-31(26)32(30)21-23-8-13-28(14-9-23)35-22-24-6-4-3-5-7-24/h3-20,30H,21-22H2,1-2H3/t30-/m1/s1. The highest BCUT2D eigenvalue weighted by Crippen LogP contribution is 2.39. The lowest BCUT2D eigenvalue weighted by molar-refractivity contribution is 0.306. The first-order valence-corrected chi connectivity index (χ1v) is 11.8. The molecule has 35 heavy (non-hydrogen) atoms. The summed E-state index contributed by atoms with van der Waals surface area (Å²) in [6, 6.07) is 33.3. The number of hydrogen-bond acceptors (Lipinski definition) is 4. The molecule has 0 unspecified atom stereocenters. The highest BCUT2D eigenvalue weighted by molar-refractivity contribution is 5.74. The third-order valence-corrected chi connectivity index (χ3v) is 6.32. The lowest BCUT2D eigenvalue weighted by Gasteiger charge is -2.36. The van der Waals surface area contributed by atoms with Gasteiger partial charge in [0.05, 0.1) is 20.3 Å². The maximum absolute atomic E-state index is 5.98. The maximum atomic E-state index is 5.98. The zero-order valence-electron chi connectivity index (χ0n) is 20.1. The van der Waals surface area contributed by atoms with Crippen LogP contribution < -0.4 is 19.1 Å². The average Bonchev–Trinajstić information content (AvgIpc) is 2.93. The third-order valence-electron chi connectivity index (χ3n) is 6.32. The van der Waals surface area contributed by atoms with Gasteiger partial charge in [-0.3, -0.25) is 0 Å². The summed E-state index contributed by atoms with van der Waals surface area (Å²) in [6.45, 7) is 1.32. The molecule has 4 heteroatoms. The Morgan fingerprint density at radius 2 is 1.37 bits per heavy atom. The molecule has 0 bridgehead atoms. The zero-order chi connectivity index (χ0) is 24.0. The number of methoxy groups -OCH3 is 2. The SMILES string of the molecule is COc1ccc([C@H]2C=Cc3cc(OC)ccc3N2Cc2ccc(OCc3ccccc3)cc2)cc1. The summed E-state index contributed by atoms with van der Waals surface area (Å²) in [5.74, 6) is 2.58. The minimum Gasteiger partial charge on any atom is -0.497 e. The van der Waals surface area contributed by atoms with Crippen molar-refractivity contribution in [2.75, 3.05) is 19.1 Å². The lowest BCUT2D eigenvalue weighted by atomic mass is 9.96. The van der Waals surface area contributed by atoms with Crippen LogP contribution in [-0.4, -0.2) is 14.2 Å². The third kappa shape index (κ3) is 5.17. The summed E-state index contributed by atoms with van der Waals surface area (Å²) in [6.07, 6.45) is 4.44. The van der Waals surface area contributed by atoms with E-state index in [0.717, 1.165) is 34.9 Å². The van der Waals surface area contributed by atoms with Gasteiger partial charge in [0.15, 0.2) is 0 Å². The minimum atomic E-state index is 0.107. The quantitative estimate of drug-likeness (QED) is 0.280. The topological polar surface area (TPSA) is 30.9 Å². The van der Waals surface area contributed by atoms with Crippen molar-refractivity contribution in [3.8, 4) is 17.2 Å². The van der Waals surface area contributed by atoms with Crippen LogP contribution in [0.15, 0.2) is 103 Å². The Hall–Kier alpha value is -4.18. The molecule has 0 amide bonds. The maximum Gasteiger partial charge on any atom is 0.119 e. The lowest BCUT2D eigenvalue weighted by Crippen LogP contribution is -2.29. The molecule has 4 nitrogen and oxygen atoms in total. The normalized spacial score (nSPS) is 14.3. The Labute approximate surface area is 207 Å². The molecule has 4 aromatic carbocycles. The Kier molecular flexibility index (Phi) is 6.71. The van der Waals surface area contributed by atoms with Crippen LogP contribution in [0.3, 0.4) is 0 Å². The van der Waals surface area contributed by atoms with Crippen LogP contribution in [-0.2, 0) is 13.2 Å². The fourth-order valence-electron chi connectivity index (χ4n) is 4.41. The van der Waals surface area contributed by atoms with E-state index < -0.39 is 0 Å². The molecule has 1 atom stereocenters. The minimum absolute atomic E-state index is 0.107. The summed E-state index contributed by atoms with van der Waals surface area (Å²) in [4.78, 5) is 2.43. The largest absolute Gasteiger partial charge is 0.497 e. The molecule has 0 aromatic heterocycles. The molecule has 1 aliphatic heterocycles. The van der Waals surface area contributed by atoms with Gasteiger partial charge in [-0.25, -0.2) is 0 Å². The van der Waals surface area contributed by atoms with E-state index in [1.807, 2.05) is 36.4 Å².